The van der Waals surface area contributed by atoms with Crippen LogP contribution in [0.15, 0.2) is 16.9 Å². The van der Waals surface area contributed by atoms with Gasteiger partial charge in [0.05, 0.1) is 12.5 Å². The maximum Gasteiger partial charge on any atom is 0.234 e. The molecule has 114 valence electrons. The Morgan fingerprint density at radius 2 is 2.10 bits per heavy atom. The molecule has 2 N–H and O–H groups in total. The molecular weight excluding hydrogens is 294 g/mol. The third-order valence-electron chi connectivity index (χ3n) is 3.91. The summed E-state index contributed by atoms with van der Waals surface area (Å²) >= 11 is 0. The van der Waals surface area contributed by atoms with Crippen molar-refractivity contribution in [1.29, 1.82) is 0 Å². The van der Waals surface area contributed by atoms with E-state index in [9.17, 15) is 0 Å². The van der Waals surface area contributed by atoms with Gasteiger partial charge in [-0.05, 0) is 12.8 Å². The van der Waals surface area contributed by atoms with Crippen molar-refractivity contribution in [3.63, 3.8) is 0 Å². The minimum atomic E-state index is -0.164. The van der Waals surface area contributed by atoms with Crippen molar-refractivity contribution >= 4 is 12.4 Å². The maximum absolute atomic E-state index is 5.92. The average molecular weight is 312 g/mol. The standard InChI is InChI=1S/C13H17N5O2.ClH/c1-19-10-6-9(15-8-16-10)11-17-12(20-18-11)13(7-14)4-2-3-5-13;/h6,8H,2-5,7,14H2,1H3;1H. The van der Waals surface area contributed by atoms with E-state index in [0.717, 1.165) is 25.7 Å². The van der Waals surface area contributed by atoms with Crippen molar-refractivity contribution in [2.45, 2.75) is 31.1 Å². The first-order chi connectivity index (χ1) is 9.77. The Bertz CT molecular complexity index is 598. The SMILES string of the molecule is COc1cc(-c2noc(C3(CN)CCCC3)n2)ncn1.Cl. The zero-order chi connectivity index (χ0) is 14.0. The second-order valence-electron chi connectivity index (χ2n) is 5.06. The first-order valence-corrected chi connectivity index (χ1v) is 6.68. The molecule has 1 aliphatic carbocycles. The quantitative estimate of drug-likeness (QED) is 0.917. The lowest BCUT2D eigenvalue weighted by Gasteiger charge is -2.21. The topological polar surface area (TPSA) is 100.0 Å². The van der Waals surface area contributed by atoms with E-state index in [1.54, 1.807) is 13.2 Å². The fourth-order valence-electron chi connectivity index (χ4n) is 2.67. The minimum absolute atomic E-state index is 0. The second kappa shape index (κ2) is 6.36. The molecule has 0 aromatic carbocycles. The molecule has 0 aliphatic heterocycles. The van der Waals surface area contributed by atoms with Crippen molar-refractivity contribution in [3.05, 3.63) is 18.3 Å². The molecule has 0 bridgehead atoms. The number of hydrogen-bond donors (Lipinski definition) is 1. The molecule has 0 radical (unpaired) electrons. The molecule has 2 aromatic heterocycles. The van der Waals surface area contributed by atoms with Crippen LogP contribution in [0.5, 0.6) is 5.88 Å². The fraction of sp³-hybridized carbons (Fsp3) is 0.538. The van der Waals surface area contributed by atoms with Crippen LogP contribution in [-0.4, -0.2) is 33.8 Å². The summed E-state index contributed by atoms with van der Waals surface area (Å²) in [7, 11) is 1.55. The predicted octanol–water partition coefficient (Wildman–Crippen LogP) is 1.73. The molecule has 0 spiro atoms. The van der Waals surface area contributed by atoms with Crippen LogP contribution >= 0.6 is 12.4 Å². The number of hydrogen-bond acceptors (Lipinski definition) is 7. The maximum atomic E-state index is 5.92. The average Bonchev–Trinajstić information content (AvgIpc) is 3.17. The van der Waals surface area contributed by atoms with E-state index in [2.05, 4.69) is 20.1 Å². The van der Waals surface area contributed by atoms with Gasteiger partial charge < -0.3 is 15.0 Å². The van der Waals surface area contributed by atoms with Crippen molar-refractivity contribution in [1.82, 2.24) is 20.1 Å². The molecular formula is C13H18ClN5O2. The molecule has 8 heteroatoms. The number of nitrogens with zero attached hydrogens (tertiary/aromatic N) is 4. The summed E-state index contributed by atoms with van der Waals surface area (Å²) in [5, 5.41) is 4.01. The summed E-state index contributed by atoms with van der Waals surface area (Å²) in [5.41, 5.74) is 6.34. The van der Waals surface area contributed by atoms with Gasteiger partial charge in [0, 0.05) is 12.6 Å². The number of ether oxygens (including phenoxy) is 1. The molecule has 0 atom stereocenters. The third kappa shape index (κ3) is 2.84. The molecule has 2 heterocycles. The Hall–Kier alpha value is -1.73. The van der Waals surface area contributed by atoms with Crippen molar-refractivity contribution in [2.75, 3.05) is 13.7 Å². The third-order valence-corrected chi connectivity index (χ3v) is 3.91. The molecule has 0 unspecified atom stereocenters. The first-order valence-electron chi connectivity index (χ1n) is 6.68. The van der Waals surface area contributed by atoms with Crippen molar-refractivity contribution in [2.24, 2.45) is 5.73 Å². The molecule has 0 saturated heterocycles. The zero-order valence-electron chi connectivity index (χ0n) is 11.8. The van der Waals surface area contributed by atoms with Gasteiger partial charge in [-0.3, -0.25) is 0 Å². The highest BCUT2D eigenvalue weighted by atomic mass is 35.5. The Labute approximate surface area is 128 Å². The summed E-state index contributed by atoms with van der Waals surface area (Å²) in [5.74, 6) is 1.53. The van der Waals surface area contributed by atoms with Crippen LogP contribution in [-0.2, 0) is 5.41 Å². The van der Waals surface area contributed by atoms with Crippen molar-refractivity contribution < 1.29 is 9.26 Å². The van der Waals surface area contributed by atoms with Gasteiger partial charge in [0.25, 0.3) is 0 Å². The number of nitrogens with two attached hydrogens (primary N) is 1. The van der Waals surface area contributed by atoms with Crippen LogP contribution in [0.4, 0.5) is 0 Å². The van der Waals surface area contributed by atoms with Crippen LogP contribution in [0.2, 0.25) is 0 Å². The van der Waals surface area contributed by atoms with Crippen LogP contribution < -0.4 is 10.5 Å². The van der Waals surface area contributed by atoms with E-state index in [-0.39, 0.29) is 17.8 Å². The van der Waals surface area contributed by atoms with E-state index in [1.807, 2.05) is 0 Å². The molecule has 1 aliphatic rings. The summed E-state index contributed by atoms with van der Waals surface area (Å²) < 4.78 is 10.5. The molecule has 0 amide bonds. The van der Waals surface area contributed by atoms with E-state index in [1.165, 1.54) is 6.33 Å². The van der Waals surface area contributed by atoms with Gasteiger partial charge in [0.2, 0.25) is 17.6 Å². The molecule has 1 fully saturated rings. The molecule has 3 rings (SSSR count). The van der Waals surface area contributed by atoms with Gasteiger partial charge in [-0.2, -0.15) is 4.98 Å². The van der Waals surface area contributed by atoms with E-state index in [0.29, 0.717) is 29.8 Å². The Morgan fingerprint density at radius 1 is 1.33 bits per heavy atom. The monoisotopic (exact) mass is 311 g/mol. The van der Waals surface area contributed by atoms with Crippen molar-refractivity contribution in [3.8, 4) is 17.4 Å². The Balaban J connectivity index is 0.00000161. The lowest BCUT2D eigenvalue weighted by atomic mass is 9.86. The second-order valence-corrected chi connectivity index (χ2v) is 5.06. The number of halogens is 1. The number of rotatable bonds is 4. The Morgan fingerprint density at radius 3 is 2.76 bits per heavy atom. The lowest BCUT2D eigenvalue weighted by Crippen LogP contribution is -2.32. The highest BCUT2D eigenvalue weighted by Crippen LogP contribution is 2.39. The predicted molar refractivity (Wildman–Crippen MR) is 78.3 cm³/mol. The smallest absolute Gasteiger partial charge is 0.234 e. The molecule has 2 aromatic rings. The highest BCUT2D eigenvalue weighted by Gasteiger charge is 2.39. The first kappa shape index (κ1) is 15.7. The van der Waals surface area contributed by atoms with Gasteiger partial charge in [-0.1, -0.05) is 18.0 Å². The van der Waals surface area contributed by atoms with E-state index >= 15 is 0 Å². The number of methoxy groups -OCH3 is 1. The Kier molecular flexibility index (Phi) is 4.74. The minimum Gasteiger partial charge on any atom is -0.481 e. The van der Waals surface area contributed by atoms with E-state index < -0.39 is 0 Å². The number of aromatic nitrogens is 4. The highest BCUT2D eigenvalue weighted by molar-refractivity contribution is 5.85. The van der Waals surface area contributed by atoms with Crippen LogP contribution in [0, 0.1) is 0 Å². The van der Waals surface area contributed by atoms with Gasteiger partial charge in [-0.15, -0.1) is 12.4 Å². The lowest BCUT2D eigenvalue weighted by molar-refractivity contribution is 0.284. The summed E-state index contributed by atoms with van der Waals surface area (Å²) in [6.45, 7) is 0.529. The molecule has 7 nitrogen and oxygen atoms in total. The van der Waals surface area contributed by atoms with Gasteiger partial charge >= 0.3 is 0 Å². The van der Waals surface area contributed by atoms with Crippen LogP contribution in [0.25, 0.3) is 11.5 Å². The summed E-state index contributed by atoms with van der Waals surface area (Å²) in [4.78, 5) is 12.6. The van der Waals surface area contributed by atoms with Gasteiger partial charge in [0.15, 0.2) is 0 Å². The summed E-state index contributed by atoms with van der Waals surface area (Å²) in [6, 6.07) is 1.68. The molecule has 21 heavy (non-hydrogen) atoms. The molecule has 1 saturated carbocycles. The van der Waals surface area contributed by atoms with Crippen LogP contribution in [0.3, 0.4) is 0 Å². The summed E-state index contributed by atoms with van der Waals surface area (Å²) in [6.07, 6.45) is 5.71. The largest absolute Gasteiger partial charge is 0.481 e. The normalized spacial score (nSPS) is 16.5. The van der Waals surface area contributed by atoms with Gasteiger partial charge in [0.1, 0.15) is 12.0 Å². The van der Waals surface area contributed by atoms with Crippen LogP contribution in [0.1, 0.15) is 31.6 Å². The zero-order valence-corrected chi connectivity index (χ0v) is 12.6. The van der Waals surface area contributed by atoms with Gasteiger partial charge in [-0.25, -0.2) is 9.97 Å². The fourth-order valence-corrected chi connectivity index (χ4v) is 2.67. The van der Waals surface area contributed by atoms with E-state index in [4.69, 9.17) is 15.0 Å².